The van der Waals surface area contributed by atoms with E-state index >= 15 is 4.39 Å². The number of pyridine rings is 2. The molecule has 0 saturated carbocycles. The van der Waals surface area contributed by atoms with Crippen LogP contribution in [-0.2, 0) is 11.3 Å². The Morgan fingerprint density at radius 3 is 2.53 bits per heavy atom. The Morgan fingerprint density at radius 1 is 1.01 bits per heavy atom. The molecule has 388 valence electrons. The molecule has 21 heteroatoms. The van der Waals surface area contributed by atoms with Gasteiger partial charge >= 0.3 is 6.01 Å². The van der Waals surface area contributed by atoms with Crippen LogP contribution in [0.3, 0.4) is 0 Å². The van der Waals surface area contributed by atoms with E-state index < -0.39 is 23.3 Å². The number of aliphatic hydroxyl groups is 1. The van der Waals surface area contributed by atoms with Crippen molar-refractivity contribution in [3.63, 3.8) is 0 Å². The average molecular weight is 1050 g/mol. The number of nitrogens with zero attached hydrogens (tertiary/aromatic N) is 9. The van der Waals surface area contributed by atoms with Crippen LogP contribution in [0.25, 0.3) is 32.9 Å². The van der Waals surface area contributed by atoms with Crippen molar-refractivity contribution in [2.45, 2.75) is 111 Å². The number of hydrogen-bond acceptors (Lipinski definition) is 17. The predicted molar refractivity (Wildman–Crippen MR) is 278 cm³/mol. The number of aromatic nitrogens is 6. The van der Waals surface area contributed by atoms with Gasteiger partial charge in [0, 0.05) is 90.9 Å². The van der Waals surface area contributed by atoms with Crippen molar-refractivity contribution >= 4 is 62.5 Å². The molecule has 0 amide bonds. The van der Waals surface area contributed by atoms with Crippen LogP contribution in [0.5, 0.6) is 11.8 Å². The molecule has 6 aliphatic rings. The number of anilines is 3. The molecule has 6 atom stereocenters. The summed E-state index contributed by atoms with van der Waals surface area (Å²) in [6.07, 6.45) is 14.1. The van der Waals surface area contributed by atoms with Crippen LogP contribution in [0.2, 0.25) is 5.02 Å². The molecule has 6 fully saturated rings. The van der Waals surface area contributed by atoms with Gasteiger partial charge in [-0.3, -0.25) is 9.88 Å². The third kappa shape index (κ3) is 9.17. The van der Waals surface area contributed by atoms with Crippen molar-refractivity contribution < 1.29 is 32.9 Å². The maximum atomic E-state index is 16.7. The van der Waals surface area contributed by atoms with E-state index in [2.05, 4.69) is 45.9 Å². The third-order valence-electron chi connectivity index (χ3n) is 16.1. The molecule has 0 aliphatic carbocycles. The molecule has 12 rings (SSSR count). The molecule has 10 heterocycles. The highest BCUT2D eigenvalue weighted by molar-refractivity contribution is 7.99. The third-order valence-corrected chi connectivity index (χ3v) is 17.7. The normalized spacial score (nSPS) is 25.1. The van der Waals surface area contributed by atoms with E-state index in [1.165, 1.54) is 42.2 Å². The van der Waals surface area contributed by atoms with Crippen LogP contribution in [0, 0.1) is 36.3 Å². The Balaban J connectivity index is 0.000000171. The molecule has 2 bridgehead atoms. The van der Waals surface area contributed by atoms with E-state index in [0.717, 1.165) is 74.6 Å². The molecule has 6 aromatic rings. The maximum absolute atomic E-state index is 16.7. The number of phenols is 1. The monoisotopic (exact) mass is 1050 g/mol. The van der Waals surface area contributed by atoms with Crippen LogP contribution >= 0.6 is 23.4 Å². The van der Waals surface area contributed by atoms with Crippen molar-refractivity contribution in [1.82, 2.24) is 40.1 Å². The first kappa shape index (κ1) is 50.4. The van der Waals surface area contributed by atoms with Crippen molar-refractivity contribution in [3.8, 4) is 35.4 Å². The smallest absolute Gasteiger partial charge is 0.319 e. The summed E-state index contributed by atoms with van der Waals surface area (Å²) in [5.74, 6) is 2.35. The minimum Gasteiger partial charge on any atom is -0.508 e. The van der Waals surface area contributed by atoms with Gasteiger partial charge in [0.15, 0.2) is 11.6 Å². The van der Waals surface area contributed by atoms with Crippen molar-refractivity contribution in [1.29, 1.82) is 0 Å². The number of phenolic OH excluding ortho intramolecular Hbond substituents is 1. The quantitative estimate of drug-likeness (QED) is 0.0915. The topological polar surface area (TPSA) is 210 Å². The Labute approximate surface area is 435 Å². The molecular weight excluding hydrogens is 993 g/mol. The number of alkyl halides is 1. The number of nitrogens with one attached hydrogen (secondary N) is 1. The predicted octanol–water partition coefficient (Wildman–Crippen LogP) is 7.10. The van der Waals surface area contributed by atoms with Crippen LogP contribution in [0.4, 0.5) is 30.6 Å². The van der Waals surface area contributed by atoms with Gasteiger partial charge in [0.25, 0.3) is 0 Å². The van der Waals surface area contributed by atoms with Gasteiger partial charge in [-0.25, -0.2) is 28.1 Å². The van der Waals surface area contributed by atoms with Gasteiger partial charge in [-0.05, 0) is 88.6 Å². The van der Waals surface area contributed by atoms with Gasteiger partial charge in [0.2, 0.25) is 0 Å². The highest BCUT2D eigenvalue weighted by Gasteiger charge is 2.50. The van der Waals surface area contributed by atoms with Crippen molar-refractivity contribution in [3.05, 3.63) is 76.3 Å². The first-order valence-corrected chi connectivity index (χ1v) is 26.4. The molecule has 1 spiro atoms. The molecule has 74 heavy (non-hydrogen) atoms. The fourth-order valence-corrected chi connectivity index (χ4v) is 13.2. The summed E-state index contributed by atoms with van der Waals surface area (Å²) >= 11 is 7.64. The molecule has 6 saturated heterocycles. The summed E-state index contributed by atoms with van der Waals surface area (Å²) in [4.78, 5) is 34.5. The highest BCUT2D eigenvalue weighted by atomic mass is 35.5. The Morgan fingerprint density at radius 2 is 1.80 bits per heavy atom. The number of hydrogen-bond donors (Lipinski definition) is 5. The number of halogens is 4. The molecule has 6 unspecified atom stereocenters. The second-order valence-electron chi connectivity index (χ2n) is 20.6. The number of aromatic hydroxyl groups is 1. The van der Waals surface area contributed by atoms with E-state index in [4.69, 9.17) is 48.9 Å². The number of piperazine rings is 1. The Bertz CT molecular complexity index is 3190. The second-order valence-corrected chi connectivity index (χ2v) is 22.0. The summed E-state index contributed by atoms with van der Waals surface area (Å²) in [5.41, 5.74) is 13.1. The summed E-state index contributed by atoms with van der Waals surface area (Å²) in [7, 11) is 0. The number of benzene rings is 2. The van der Waals surface area contributed by atoms with Gasteiger partial charge in [-0.1, -0.05) is 35.3 Å². The molecule has 0 radical (unpaired) electrons. The van der Waals surface area contributed by atoms with Crippen LogP contribution in [0.1, 0.15) is 68.8 Å². The van der Waals surface area contributed by atoms with Crippen LogP contribution < -0.4 is 31.3 Å². The van der Waals surface area contributed by atoms with Gasteiger partial charge in [0.05, 0.1) is 46.5 Å². The van der Waals surface area contributed by atoms with E-state index in [1.807, 2.05) is 13.8 Å². The standard InChI is InChI=1S/C33H31F3N6O2.C20H27ClN6O2S/c1-2-23-26(35)7-4-18-10-22(43)11-24(27(18)23)29-28(36)30-25(13-37-29)31(41-15-20-5-6-21(16-41)38-20)40-32(39-30)44-17-33-8-3-9-42(33)14-19(34)12-33;1-11-19(30-14-3-6-24-17(23)15(14)21)26-13(9-28)18(25-11)27-7-4-20(5-8-27)10-29-12(2)16(20)22/h1,4,7,10-11,13,19-21,38,43H,3,5-6,8-9,12,14-17H2;3,6,12,16,28H,4-5,7-10,22H2,1-2H3,(H2,23,24). The number of aryl methyl sites for hydroxylation is 1. The van der Waals surface area contributed by atoms with Crippen LogP contribution in [-0.4, -0.2) is 133 Å². The van der Waals surface area contributed by atoms with Crippen molar-refractivity contribution in [2.75, 3.05) is 68.0 Å². The zero-order chi connectivity index (χ0) is 51.6. The van der Waals surface area contributed by atoms with Gasteiger partial charge in [-0.2, -0.15) is 9.97 Å². The minimum absolute atomic E-state index is 0.00778. The number of terminal acetylenes is 1. The number of nitrogen functional groups attached to an aromatic ring is 1. The van der Waals surface area contributed by atoms with Gasteiger partial charge in [-0.15, -0.1) is 6.42 Å². The second kappa shape index (κ2) is 20.1. The zero-order valence-corrected chi connectivity index (χ0v) is 42.7. The lowest BCUT2D eigenvalue weighted by molar-refractivity contribution is 0.0973. The minimum atomic E-state index is -0.913. The van der Waals surface area contributed by atoms with E-state index in [1.54, 1.807) is 12.3 Å². The fraction of sp³-hybridized carbons (Fsp3) is 0.472. The maximum Gasteiger partial charge on any atom is 0.319 e. The van der Waals surface area contributed by atoms with Crippen molar-refractivity contribution in [2.24, 2.45) is 11.1 Å². The Hall–Kier alpha value is -5.79. The fourth-order valence-electron chi connectivity index (χ4n) is 12.1. The lowest BCUT2D eigenvalue weighted by atomic mass is 9.73. The molecular formula is C53H58ClF3N12O4S. The number of ether oxygens (including phenoxy) is 2. The Kier molecular flexibility index (Phi) is 13.7. The number of nitrogens with two attached hydrogens (primary N) is 2. The molecule has 2 aromatic carbocycles. The lowest BCUT2D eigenvalue weighted by Gasteiger charge is -2.42. The van der Waals surface area contributed by atoms with Gasteiger partial charge < -0.3 is 46.3 Å². The highest BCUT2D eigenvalue weighted by Crippen LogP contribution is 2.45. The first-order valence-electron chi connectivity index (χ1n) is 25.2. The summed E-state index contributed by atoms with van der Waals surface area (Å²) in [6, 6.07) is 7.91. The van der Waals surface area contributed by atoms with Crippen LogP contribution in [0.15, 0.2) is 52.6 Å². The number of rotatable bonds is 9. The number of piperidine rings is 1. The average Bonchev–Trinajstić information content (AvgIpc) is 4.12. The van der Waals surface area contributed by atoms with Gasteiger partial charge in [0.1, 0.15) is 57.9 Å². The molecule has 16 nitrogen and oxygen atoms in total. The largest absolute Gasteiger partial charge is 0.508 e. The first-order chi connectivity index (χ1) is 35.7. The molecule has 4 aromatic heterocycles. The van der Waals surface area contributed by atoms with E-state index in [0.29, 0.717) is 77.1 Å². The molecule has 6 aliphatic heterocycles. The SMILES string of the molecule is C#Cc1c(F)ccc2cc(O)cc(-c3ncc4c(N5CC6CCC(C5)N6)nc(OCC56CCCN5CC(F)C6)nc4c3F)c12.Cc1nc(N2CCC3(CC2)COC(C)C3N)c(CO)nc1Sc1ccnc(N)c1Cl. The summed E-state index contributed by atoms with van der Waals surface area (Å²) in [6.45, 7) is 8.88. The molecule has 7 N–H and O–H groups in total. The zero-order valence-electron chi connectivity index (χ0n) is 41.1. The lowest BCUT2D eigenvalue weighted by Crippen LogP contribution is -2.51. The summed E-state index contributed by atoms with van der Waals surface area (Å²) < 4.78 is 58.0. The van der Waals surface area contributed by atoms with E-state index in [-0.39, 0.29) is 76.1 Å². The summed E-state index contributed by atoms with van der Waals surface area (Å²) in [5, 5.41) is 26.3. The van der Waals surface area contributed by atoms with E-state index in [9.17, 15) is 19.0 Å². The number of fused-ring (bicyclic) bond motifs is 5. The number of aliphatic hydroxyl groups excluding tert-OH is 1.